The third kappa shape index (κ3) is 22.7. The molecule has 3 aromatic carbocycles. The molecule has 2 aliphatic rings. The highest BCUT2D eigenvalue weighted by Crippen LogP contribution is 2.44. The number of nitrogens with zero attached hydrogens (tertiary/aromatic N) is 1. The highest BCUT2D eigenvalue weighted by Gasteiger charge is 2.35. The average molecular weight is 1260 g/mol. The molecule has 1 saturated heterocycles. The van der Waals surface area contributed by atoms with Gasteiger partial charge in [0.25, 0.3) is 23.6 Å². The van der Waals surface area contributed by atoms with Crippen LogP contribution in [0.5, 0.6) is 0 Å². The van der Waals surface area contributed by atoms with Gasteiger partial charge in [-0.3, -0.25) is 52.8 Å². The predicted octanol–water partition coefficient (Wildman–Crippen LogP) is 0.535. The van der Waals surface area contributed by atoms with Crippen molar-refractivity contribution < 1.29 is 81.4 Å². The van der Waals surface area contributed by atoms with Crippen LogP contribution >= 0.6 is 22.6 Å². The van der Waals surface area contributed by atoms with Gasteiger partial charge in [0.05, 0.1) is 50.0 Å². The van der Waals surface area contributed by atoms with E-state index in [-0.39, 0.29) is 114 Å². The zero-order valence-corrected chi connectivity index (χ0v) is 47.2. The van der Waals surface area contributed by atoms with Gasteiger partial charge in [0.2, 0.25) is 35.4 Å². The molecule has 0 unspecified atom stereocenters. The third-order valence-electron chi connectivity index (χ3n) is 12.3. The van der Waals surface area contributed by atoms with Gasteiger partial charge in [-0.2, -0.15) is 0 Å². The van der Waals surface area contributed by atoms with E-state index < -0.39 is 84.6 Å². The molecule has 0 saturated carbocycles. The minimum atomic E-state index is -1.14. The second-order valence-electron chi connectivity index (χ2n) is 18.4. The Bertz CT molecular complexity index is 2620. The van der Waals surface area contributed by atoms with Crippen LogP contribution < -0.4 is 48.4 Å². The monoisotopic (exact) mass is 1260 g/mol. The van der Waals surface area contributed by atoms with Crippen molar-refractivity contribution in [2.45, 2.75) is 69.4 Å². The number of primary amides is 1. The normalized spacial score (nSPS) is 13.2. The Hall–Kier alpha value is -7.64. The van der Waals surface area contributed by atoms with E-state index >= 15 is 0 Å². The van der Waals surface area contributed by atoms with Crippen molar-refractivity contribution >= 4 is 93.4 Å². The number of hydrogen-bond acceptors (Lipinski definition) is 17. The van der Waals surface area contributed by atoms with Crippen LogP contribution in [0.25, 0.3) is 11.1 Å². The zero-order chi connectivity index (χ0) is 59.1. The highest BCUT2D eigenvalue weighted by molar-refractivity contribution is 14.1. The number of ether oxygens (including phenoxy) is 4. The number of nitrogens with one attached hydrogen (secondary N) is 8. The molecule has 28 heteroatoms. The predicted molar refractivity (Wildman–Crippen MR) is 300 cm³/mol. The molecule has 444 valence electrons. The standard InChI is InChI=1S/C54H69IN10O17/c55-31-43(66)61-36-17-15-35(16-18-36)51(73)59-22-8-5-13-41(50(56)72)63-52(74)42(14-6-7-21-57-45(68)34-81-64-53(75)49-39-11-3-1-9-37(39)38-10-2-4-12-40(38)49)62-46(69)33-80-30-28-77-25-23-58-44(67)32-79-29-27-78-26-24-60-54(76)82-65-47(70)19-20-48(65)71/h1-4,9-12,15-18,41-42,49H,5-8,13-14,19-34H2,(H2,56,72)(H,57,68)(H,58,67)(H,59,73)(H,60,76)(H,61,66)(H,62,69)(H,63,74)(H,64,75)/t41-,42-/m0/s1. The summed E-state index contributed by atoms with van der Waals surface area (Å²) in [6, 6.07) is 19.3. The Morgan fingerprint density at radius 2 is 1.11 bits per heavy atom. The molecular weight excluding hydrogens is 1190 g/mol. The first kappa shape index (κ1) is 65.2. The van der Waals surface area contributed by atoms with E-state index in [1.54, 1.807) is 24.3 Å². The first-order valence-electron chi connectivity index (χ1n) is 26.5. The van der Waals surface area contributed by atoms with Crippen molar-refractivity contribution in [3.8, 4) is 11.1 Å². The van der Waals surface area contributed by atoms with Gasteiger partial charge in [-0.25, -0.2) is 10.3 Å². The van der Waals surface area contributed by atoms with Crippen LogP contribution in [0.15, 0.2) is 72.8 Å². The SMILES string of the molecule is NC(=O)[C@H](CCCCNC(=O)c1ccc(NC(=O)CI)cc1)NC(=O)[C@H](CCCCNC(=O)CONC(=O)C1c2ccccc2-c2ccccc21)NC(=O)COCCOCCNC(=O)COCCOCCNC(=O)ON1C(=O)CCC1=O. The van der Waals surface area contributed by atoms with Crippen molar-refractivity contribution in [2.75, 3.05) is 95.4 Å². The molecule has 0 spiro atoms. The summed E-state index contributed by atoms with van der Waals surface area (Å²) in [4.78, 5) is 146. The fourth-order valence-electron chi connectivity index (χ4n) is 8.24. The van der Waals surface area contributed by atoms with E-state index in [4.69, 9.17) is 29.5 Å². The number of rotatable bonds is 38. The van der Waals surface area contributed by atoms with Crippen molar-refractivity contribution in [1.82, 2.24) is 42.4 Å². The fourth-order valence-corrected chi connectivity index (χ4v) is 8.43. The van der Waals surface area contributed by atoms with Gasteiger partial charge in [-0.15, -0.1) is 5.06 Å². The molecule has 0 aromatic heterocycles. The molecular formula is C54H69IN10O17. The molecule has 0 bridgehead atoms. The quantitative estimate of drug-likeness (QED) is 0.0124. The molecule has 27 nitrogen and oxygen atoms in total. The lowest BCUT2D eigenvalue weighted by molar-refractivity contribution is -0.171. The van der Waals surface area contributed by atoms with Gasteiger partial charge >= 0.3 is 6.09 Å². The van der Waals surface area contributed by atoms with Crippen LogP contribution in [0.3, 0.4) is 0 Å². The summed E-state index contributed by atoms with van der Waals surface area (Å²) in [7, 11) is 0. The van der Waals surface area contributed by atoms with Crippen LogP contribution in [0.4, 0.5) is 10.5 Å². The Morgan fingerprint density at radius 3 is 1.72 bits per heavy atom. The van der Waals surface area contributed by atoms with Gasteiger partial charge in [-0.05, 0) is 85.0 Å². The summed E-state index contributed by atoms with van der Waals surface area (Å²) < 4.78 is 21.7. The van der Waals surface area contributed by atoms with Crippen LogP contribution in [0, 0.1) is 0 Å². The summed E-state index contributed by atoms with van der Waals surface area (Å²) in [5, 5.41) is 18.8. The largest absolute Gasteiger partial charge is 0.432 e. The highest BCUT2D eigenvalue weighted by atomic mass is 127. The van der Waals surface area contributed by atoms with Gasteiger partial charge in [0.1, 0.15) is 25.3 Å². The number of unbranched alkanes of at least 4 members (excludes halogenated alkanes) is 2. The molecule has 2 atom stereocenters. The number of benzene rings is 3. The van der Waals surface area contributed by atoms with E-state index in [2.05, 4.69) is 47.5 Å². The zero-order valence-electron chi connectivity index (χ0n) is 45.1. The maximum atomic E-state index is 13.7. The molecule has 3 aromatic rings. The number of nitrogens with two attached hydrogens (primary N) is 1. The number of halogens is 1. The van der Waals surface area contributed by atoms with Gasteiger partial charge < -0.3 is 66.7 Å². The van der Waals surface area contributed by atoms with Crippen LogP contribution in [-0.2, 0) is 71.8 Å². The van der Waals surface area contributed by atoms with Crippen molar-refractivity contribution in [1.29, 1.82) is 0 Å². The first-order chi connectivity index (χ1) is 39.6. The number of carbonyl (C=O) groups is 11. The molecule has 1 aliphatic carbocycles. The first-order valence-corrected chi connectivity index (χ1v) is 28.1. The Labute approximate surface area is 486 Å². The maximum absolute atomic E-state index is 13.7. The number of imide groups is 1. The molecule has 1 heterocycles. The molecule has 1 fully saturated rings. The minimum absolute atomic E-state index is 0.0135. The molecule has 0 radical (unpaired) electrons. The summed E-state index contributed by atoms with van der Waals surface area (Å²) in [5.74, 6) is -5.79. The van der Waals surface area contributed by atoms with Gasteiger partial charge in [-0.1, -0.05) is 71.1 Å². The maximum Gasteiger partial charge on any atom is 0.432 e. The van der Waals surface area contributed by atoms with E-state index in [0.717, 1.165) is 22.3 Å². The van der Waals surface area contributed by atoms with Crippen molar-refractivity contribution in [3.05, 3.63) is 89.5 Å². The Kier molecular flexibility index (Phi) is 28.6. The fraction of sp³-hybridized carbons (Fsp3) is 0.463. The Morgan fingerprint density at radius 1 is 0.573 bits per heavy atom. The van der Waals surface area contributed by atoms with Gasteiger partial charge in [0.15, 0.2) is 6.61 Å². The number of hydrogen-bond donors (Lipinski definition) is 9. The smallest absolute Gasteiger partial charge is 0.377 e. The molecule has 1 aliphatic heterocycles. The topological polar surface area (TPSA) is 369 Å². The number of hydroxylamine groups is 3. The lowest BCUT2D eigenvalue weighted by atomic mass is 9.96. The number of anilines is 1. The molecule has 11 amide bonds. The third-order valence-corrected chi connectivity index (χ3v) is 13.0. The van der Waals surface area contributed by atoms with Crippen molar-refractivity contribution in [2.24, 2.45) is 5.73 Å². The summed E-state index contributed by atoms with van der Waals surface area (Å²) in [6.07, 6.45) is 0.731. The summed E-state index contributed by atoms with van der Waals surface area (Å²) >= 11 is 1.94. The minimum Gasteiger partial charge on any atom is -0.377 e. The van der Waals surface area contributed by atoms with Crippen LogP contribution in [0.1, 0.15) is 78.8 Å². The van der Waals surface area contributed by atoms with Crippen molar-refractivity contribution in [3.63, 3.8) is 0 Å². The number of carbonyl (C=O) groups excluding carboxylic acids is 11. The lowest BCUT2D eigenvalue weighted by Gasteiger charge is -2.22. The number of amides is 11. The van der Waals surface area contributed by atoms with Crippen LogP contribution in [-0.4, -0.2) is 172 Å². The van der Waals surface area contributed by atoms with Gasteiger partial charge in [0, 0.05) is 50.3 Å². The average Bonchev–Trinajstić information content (AvgIpc) is 3.16. The molecule has 5 rings (SSSR count). The number of alkyl halides is 1. The van der Waals surface area contributed by atoms with Crippen LogP contribution in [0.2, 0.25) is 0 Å². The van der Waals surface area contributed by atoms with E-state index in [9.17, 15) is 52.7 Å². The summed E-state index contributed by atoms with van der Waals surface area (Å²) in [5.41, 5.74) is 12.6. The van der Waals surface area contributed by atoms with E-state index in [1.165, 1.54) is 0 Å². The Balaban J connectivity index is 0.970. The number of fused-ring (bicyclic) bond motifs is 3. The molecule has 10 N–H and O–H groups in total. The van der Waals surface area contributed by atoms with E-state index in [1.807, 2.05) is 71.1 Å². The second kappa shape index (κ2) is 36.0. The second-order valence-corrected chi connectivity index (χ2v) is 19.1. The summed E-state index contributed by atoms with van der Waals surface area (Å²) in [6.45, 7) is -0.130. The van der Waals surface area contributed by atoms with E-state index in [0.29, 0.717) is 42.0 Å². The lowest BCUT2D eigenvalue weighted by Crippen LogP contribution is -2.53. The molecule has 82 heavy (non-hydrogen) atoms.